The van der Waals surface area contributed by atoms with Crippen molar-refractivity contribution in [1.82, 2.24) is 5.32 Å². The van der Waals surface area contributed by atoms with Gasteiger partial charge in [0.1, 0.15) is 5.82 Å². The molecule has 1 fully saturated rings. The van der Waals surface area contributed by atoms with Gasteiger partial charge in [0.15, 0.2) is 0 Å². The molecule has 0 atom stereocenters. The number of benzene rings is 1. The van der Waals surface area contributed by atoms with Gasteiger partial charge in [-0.15, -0.1) is 0 Å². The molecule has 1 aliphatic carbocycles. The van der Waals surface area contributed by atoms with E-state index < -0.39 is 23.2 Å². The lowest BCUT2D eigenvalue weighted by molar-refractivity contribution is -0.139. The summed E-state index contributed by atoms with van der Waals surface area (Å²) in [4.78, 5) is 23.4. The summed E-state index contributed by atoms with van der Waals surface area (Å²) in [5, 5.41) is 11.9. The minimum Gasteiger partial charge on any atom is -0.481 e. The molecule has 0 aromatic heterocycles. The van der Waals surface area contributed by atoms with Crippen LogP contribution < -0.4 is 5.32 Å². The number of amides is 1. The minimum atomic E-state index is -0.933. The maximum absolute atomic E-state index is 13.4. The second kappa shape index (κ2) is 6.56. The summed E-state index contributed by atoms with van der Waals surface area (Å²) in [6, 6.07) is 3.94. The van der Waals surface area contributed by atoms with Crippen LogP contribution in [0.15, 0.2) is 22.7 Å². The predicted molar refractivity (Wildman–Crippen MR) is 79.6 cm³/mol. The van der Waals surface area contributed by atoms with Gasteiger partial charge in [-0.3, -0.25) is 9.59 Å². The SMILES string of the molecule is O=C(O)CC1(NC(=O)c2cc(F)cc(Br)c2)CCCCC1. The van der Waals surface area contributed by atoms with E-state index in [0.717, 1.165) is 25.3 Å². The number of carbonyl (C=O) groups is 2. The summed E-state index contributed by atoms with van der Waals surface area (Å²) < 4.78 is 13.8. The molecule has 1 amide bonds. The monoisotopic (exact) mass is 357 g/mol. The standard InChI is InChI=1S/C15H17BrFNO3/c16-11-6-10(7-12(17)8-11)14(21)18-15(9-13(19)20)4-2-1-3-5-15/h6-8H,1-5,9H2,(H,18,21)(H,19,20). The first kappa shape index (κ1) is 15.9. The molecule has 0 unspecified atom stereocenters. The van der Waals surface area contributed by atoms with Gasteiger partial charge in [-0.05, 0) is 31.0 Å². The molecule has 0 heterocycles. The zero-order valence-corrected chi connectivity index (χ0v) is 13.1. The highest BCUT2D eigenvalue weighted by Crippen LogP contribution is 2.31. The number of aliphatic carboxylic acids is 1. The zero-order chi connectivity index (χ0) is 15.5. The third-order valence-corrected chi connectivity index (χ3v) is 4.26. The van der Waals surface area contributed by atoms with E-state index in [-0.39, 0.29) is 12.0 Å². The highest BCUT2D eigenvalue weighted by molar-refractivity contribution is 9.10. The van der Waals surface area contributed by atoms with Crippen LogP contribution in [0, 0.1) is 5.82 Å². The predicted octanol–water partition coefficient (Wildman–Crippen LogP) is 3.50. The Morgan fingerprint density at radius 2 is 1.90 bits per heavy atom. The van der Waals surface area contributed by atoms with Crippen LogP contribution in [0.1, 0.15) is 48.9 Å². The van der Waals surface area contributed by atoms with E-state index in [2.05, 4.69) is 21.2 Å². The Labute approximate surface area is 130 Å². The second-order valence-electron chi connectivity index (χ2n) is 5.52. The number of carboxylic acids is 1. The van der Waals surface area contributed by atoms with E-state index in [1.165, 1.54) is 12.1 Å². The van der Waals surface area contributed by atoms with Gasteiger partial charge in [0, 0.05) is 10.0 Å². The van der Waals surface area contributed by atoms with Gasteiger partial charge >= 0.3 is 5.97 Å². The molecule has 1 aromatic carbocycles. The fourth-order valence-electron chi connectivity index (χ4n) is 2.86. The molecule has 0 spiro atoms. The van der Waals surface area contributed by atoms with E-state index >= 15 is 0 Å². The lowest BCUT2D eigenvalue weighted by atomic mass is 9.79. The van der Waals surface area contributed by atoms with Crippen LogP contribution in [0.5, 0.6) is 0 Å². The third-order valence-electron chi connectivity index (χ3n) is 3.80. The average Bonchev–Trinajstić information content (AvgIpc) is 2.37. The normalized spacial score (nSPS) is 17.2. The summed E-state index contributed by atoms with van der Waals surface area (Å²) >= 11 is 3.15. The van der Waals surface area contributed by atoms with Gasteiger partial charge in [0.05, 0.1) is 12.0 Å². The Kier molecular flexibility index (Phi) is 4.98. The van der Waals surface area contributed by atoms with Crippen molar-refractivity contribution in [2.45, 2.75) is 44.1 Å². The Balaban J connectivity index is 2.19. The lowest BCUT2D eigenvalue weighted by Crippen LogP contribution is -2.51. The summed E-state index contributed by atoms with van der Waals surface area (Å²) in [6.07, 6.45) is 4.00. The van der Waals surface area contributed by atoms with Crippen LogP contribution in [0.25, 0.3) is 0 Å². The van der Waals surface area contributed by atoms with Crippen molar-refractivity contribution in [3.05, 3.63) is 34.1 Å². The Morgan fingerprint density at radius 3 is 2.48 bits per heavy atom. The molecule has 6 heteroatoms. The quantitative estimate of drug-likeness (QED) is 0.866. The van der Waals surface area contributed by atoms with Crippen molar-refractivity contribution in [3.63, 3.8) is 0 Å². The minimum absolute atomic E-state index is 0.102. The largest absolute Gasteiger partial charge is 0.481 e. The Bertz CT molecular complexity index is 536. The van der Waals surface area contributed by atoms with Gasteiger partial charge in [-0.1, -0.05) is 35.2 Å². The number of nitrogens with one attached hydrogen (secondary N) is 1. The number of carbonyl (C=O) groups excluding carboxylic acids is 1. The molecule has 2 rings (SSSR count). The molecule has 2 N–H and O–H groups in total. The first-order valence-corrected chi connectivity index (χ1v) is 7.70. The lowest BCUT2D eigenvalue weighted by Gasteiger charge is -2.37. The van der Waals surface area contributed by atoms with Gasteiger partial charge in [0.25, 0.3) is 5.91 Å². The van der Waals surface area contributed by atoms with Crippen molar-refractivity contribution in [3.8, 4) is 0 Å². The van der Waals surface area contributed by atoms with E-state index in [1.807, 2.05) is 0 Å². The van der Waals surface area contributed by atoms with Crippen LogP contribution in [0.2, 0.25) is 0 Å². The highest BCUT2D eigenvalue weighted by atomic mass is 79.9. The summed E-state index contributed by atoms with van der Waals surface area (Å²) in [5.41, 5.74) is -0.530. The fourth-order valence-corrected chi connectivity index (χ4v) is 3.33. The van der Waals surface area contributed by atoms with Crippen LogP contribution in [0.4, 0.5) is 4.39 Å². The second-order valence-corrected chi connectivity index (χ2v) is 6.44. The highest BCUT2D eigenvalue weighted by Gasteiger charge is 2.36. The molecule has 114 valence electrons. The van der Waals surface area contributed by atoms with E-state index in [0.29, 0.717) is 17.3 Å². The van der Waals surface area contributed by atoms with E-state index in [1.54, 1.807) is 0 Å². The van der Waals surface area contributed by atoms with Crippen LogP contribution >= 0.6 is 15.9 Å². The van der Waals surface area contributed by atoms with Crippen LogP contribution in [-0.4, -0.2) is 22.5 Å². The molecule has 0 saturated heterocycles. The first-order chi connectivity index (χ1) is 9.90. The third kappa shape index (κ3) is 4.27. The molecular weight excluding hydrogens is 341 g/mol. The van der Waals surface area contributed by atoms with Gasteiger partial charge < -0.3 is 10.4 Å². The first-order valence-electron chi connectivity index (χ1n) is 6.91. The van der Waals surface area contributed by atoms with Crippen molar-refractivity contribution in [1.29, 1.82) is 0 Å². The summed E-state index contributed by atoms with van der Waals surface area (Å²) in [5.74, 6) is -1.87. The number of hydrogen-bond donors (Lipinski definition) is 2. The maximum Gasteiger partial charge on any atom is 0.305 e. The molecule has 1 aromatic rings. The number of carboxylic acid groups (broad SMARTS) is 1. The van der Waals surface area contributed by atoms with Crippen molar-refractivity contribution in [2.24, 2.45) is 0 Å². The smallest absolute Gasteiger partial charge is 0.305 e. The van der Waals surface area contributed by atoms with Crippen molar-refractivity contribution >= 4 is 27.8 Å². The summed E-state index contributed by atoms with van der Waals surface area (Å²) in [6.45, 7) is 0. The van der Waals surface area contributed by atoms with Crippen LogP contribution in [-0.2, 0) is 4.79 Å². The topological polar surface area (TPSA) is 66.4 Å². The maximum atomic E-state index is 13.4. The van der Waals surface area contributed by atoms with Crippen LogP contribution in [0.3, 0.4) is 0 Å². The van der Waals surface area contributed by atoms with E-state index in [4.69, 9.17) is 5.11 Å². The molecule has 0 bridgehead atoms. The fraction of sp³-hybridized carbons (Fsp3) is 0.467. The van der Waals surface area contributed by atoms with E-state index in [9.17, 15) is 14.0 Å². The zero-order valence-electron chi connectivity index (χ0n) is 11.5. The molecular formula is C15H17BrFNO3. The molecule has 21 heavy (non-hydrogen) atoms. The number of hydrogen-bond acceptors (Lipinski definition) is 2. The van der Waals surface area contributed by atoms with Gasteiger partial charge in [-0.2, -0.15) is 0 Å². The molecule has 0 radical (unpaired) electrons. The van der Waals surface area contributed by atoms with Crippen molar-refractivity contribution in [2.75, 3.05) is 0 Å². The van der Waals surface area contributed by atoms with Gasteiger partial charge in [-0.25, -0.2) is 4.39 Å². The molecule has 0 aliphatic heterocycles. The molecule has 4 nitrogen and oxygen atoms in total. The Morgan fingerprint density at radius 1 is 1.24 bits per heavy atom. The summed E-state index contributed by atoms with van der Waals surface area (Å²) in [7, 11) is 0. The number of halogens is 2. The van der Waals surface area contributed by atoms with Crippen molar-refractivity contribution < 1.29 is 19.1 Å². The molecule has 1 saturated carbocycles. The number of rotatable bonds is 4. The Hall–Kier alpha value is -1.43. The van der Waals surface area contributed by atoms with Gasteiger partial charge in [0.2, 0.25) is 0 Å². The average molecular weight is 358 g/mol. The molecule has 1 aliphatic rings.